The minimum atomic E-state index is -4.40. The van der Waals surface area contributed by atoms with Crippen molar-refractivity contribution >= 4 is 12.4 Å². The molecule has 1 heterocycles. The van der Waals surface area contributed by atoms with E-state index in [0.29, 0.717) is 28.7 Å². The number of benzene rings is 1. The van der Waals surface area contributed by atoms with Gasteiger partial charge in [-0.25, -0.2) is 0 Å². The number of nitrogens with two attached hydrogens (primary N) is 1. The average Bonchev–Trinajstić information content (AvgIpc) is 2.81. The first-order chi connectivity index (χ1) is 16.2. The molecule has 2 aromatic rings. The van der Waals surface area contributed by atoms with Gasteiger partial charge >= 0.3 is 6.18 Å². The SMILES string of the molecule is C[C@@H](O)[C@@H]1[C@H](C=O)C[C@@H]2C[C@H](N)CCC2[C@@H]1/C=C/c1ccc(-c2cccc(C(F)(F)F)c2)cn1. The maximum absolute atomic E-state index is 13.0. The first-order valence-electron chi connectivity index (χ1n) is 11.9. The third-order valence-electron chi connectivity index (χ3n) is 7.62. The van der Waals surface area contributed by atoms with Gasteiger partial charge in [0.15, 0.2) is 0 Å². The van der Waals surface area contributed by atoms with Crippen molar-refractivity contribution in [1.82, 2.24) is 4.98 Å². The van der Waals surface area contributed by atoms with Crippen molar-refractivity contribution in [3.63, 3.8) is 0 Å². The standard InChI is InChI=1S/C27H31F3N2O2/c1-16(34)26-20(15-33)11-19-13-22(31)6-9-24(19)25(26)10-8-23-7-5-18(14-32-23)17-3-2-4-21(12-17)27(28,29)30/h2-5,7-8,10,12,14-16,19-20,22,24-26,34H,6,9,11,13,31H2,1H3/b10-8+/t16-,19-,20+,22-,24?,25+,26-/m1/s1. The maximum atomic E-state index is 13.0. The van der Waals surface area contributed by atoms with Gasteiger partial charge in [-0.3, -0.25) is 4.98 Å². The van der Waals surface area contributed by atoms with Crippen LogP contribution in [-0.2, 0) is 11.0 Å². The number of carbonyl (C=O) groups excluding carboxylic acids is 1. The number of pyridine rings is 1. The molecule has 3 N–H and O–H groups in total. The molecule has 1 unspecified atom stereocenters. The van der Waals surface area contributed by atoms with Gasteiger partial charge in [-0.1, -0.05) is 24.3 Å². The van der Waals surface area contributed by atoms with E-state index < -0.39 is 17.8 Å². The summed E-state index contributed by atoms with van der Waals surface area (Å²) in [6.45, 7) is 1.75. The smallest absolute Gasteiger partial charge is 0.393 e. The van der Waals surface area contributed by atoms with E-state index in [9.17, 15) is 23.1 Å². The molecule has 0 radical (unpaired) electrons. The zero-order valence-electron chi connectivity index (χ0n) is 19.2. The van der Waals surface area contributed by atoms with Crippen molar-refractivity contribution in [3.05, 3.63) is 59.9 Å². The van der Waals surface area contributed by atoms with Crippen molar-refractivity contribution in [3.8, 4) is 11.1 Å². The van der Waals surface area contributed by atoms with Crippen molar-refractivity contribution in [2.75, 3.05) is 0 Å². The van der Waals surface area contributed by atoms with Crippen LogP contribution in [-0.4, -0.2) is 28.5 Å². The molecule has 182 valence electrons. The average molecular weight is 473 g/mol. The minimum absolute atomic E-state index is 0.0337. The molecule has 0 bridgehead atoms. The second-order valence-corrected chi connectivity index (χ2v) is 9.84. The van der Waals surface area contributed by atoms with E-state index in [1.54, 1.807) is 31.3 Å². The van der Waals surface area contributed by atoms with Gasteiger partial charge in [0.1, 0.15) is 6.29 Å². The Morgan fingerprint density at radius 2 is 1.94 bits per heavy atom. The maximum Gasteiger partial charge on any atom is 0.416 e. The number of aromatic nitrogens is 1. The van der Waals surface area contributed by atoms with E-state index in [-0.39, 0.29) is 23.8 Å². The van der Waals surface area contributed by atoms with Gasteiger partial charge in [-0.2, -0.15) is 13.2 Å². The number of rotatable bonds is 5. The van der Waals surface area contributed by atoms with Crippen molar-refractivity contribution in [2.45, 2.75) is 50.9 Å². The van der Waals surface area contributed by atoms with E-state index in [4.69, 9.17) is 5.73 Å². The summed E-state index contributed by atoms with van der Waals surface area (Å²) < 4.78 is 39.1. The highest BCUT2D eigenvalue weighted by Gasteiger charge is 2.46. The molecule has 1 aromatic carbocycles. The predicted octanol–water partition coefficient (Wildman–Crippen LogP) is 5.36. The van der Waals surface area contributed by atoms with Gasteiger partial charge in [0.2, 0.25) is 0 Å². The summed E-state index contributed by atoms with van der Waals surface area (Å²) in [6, 6.07) is 8.88. The summed E-state index contributed by atoms with van der Waals surface area (Å²) >= 11 is 0. The molecule has 2 aliphatic carbocycles. The lowest BCUT2D eigenvalue weighted by atomic mass is 9.56. The van der Waals surface area contributed by atoms with Crippen molar-refractivity contribution in [1.29, 1.82) is 0 Å². The number of halogens is 3. The van der Waals surface area contributed by atoms with Crippen LogP contribution < -0.4 is 5.73 Å². The molecule has 0 aliphatic heterocycles. The van der Waals surface area contributed by atoms with Crippen molar-refractivity contribution in [2.24, 2.45) is 35.3 Å². The number of allylic oxidation sites excluding steroid dienone is 1. The molecule has 0 amide bonds. The summed E-state index contributed by atoms with van der Waals surface area (Å²) in [5.74, 6) is 0.383. The lowest BCUT2D eigenvalue weighted by Gasteiger charge is -2.49. The molecule has 7 heteroatoms. The topological polar surface area (TPSA) is 76.2 Å². The number of hydrogen-bond donors (Lipinski definition) is 2. The number of fused-ring (bicyclic) bond motifs is 1. The second-order valence-electron chi connectivity index (χ2n) is 9.84. The highest BCUT2D eigenvalue weighted by molar-refractivity contribution is 5.64. The first kappa shape index (κ1) is 24.6. The largest absolute Gasteiger partial charge is 0.416 e. The molecule has 34 heavy (non-hydrogen) atoms. The van der Waals surface area contributed by atoms with Gasteiger partial charge < -0.3 is 15.6 Å². The Balaban J connectivity index is 1.57. The van der Waals surface area contributed by atoms with Crippen LogP contribution in [0.15, 0.2) is 48.7 Å². The lowest BCUT2D eigenvalue weighted by Crippen LogP contribution is -2.48. The fourth-order valence-corrected chi connectivity index (χ4v) is 6.04. The first-order valence-corrected chi connectivity index (χ1v) is 11.9. The third-order valence-corrected chi connectivity index (χ3v) is 7.62. The number of aliphatic hydroxyl groups is 1. The monoisotopic (exact) mass is 472 g/mol. The Kier molecular flexibility index (Phi) is 7.24. The van der Waals surface area contributed by atoms with Crippen LogP contribution in [0.1, 0.15) is 43.9 Å². The van der Waals surface area contributed by atoms with Gasteiger partial charge in [0, 0.05) is 29.6 Å². The molecule has 4 rings (SSSR count). The number of aliphatic hydroxyl groups excluding tert-OH is 1. The fraction of sp³-hybridized carbons (Fsp3) is 0.481. The van der Waals surface area contributed by atoms with Gasteiger partial charge in [-0.15, -0.1) is 0 Å². The van der Waals surface area contributed by atoms with Crippen LogP contribution in [0.25, 0.3) is 17.2 Å². The van der Waals surface area contributed by atoms with Crippen molar-refractivity contribution < 1.29 is 23.1 Å². The predicted molar refractivity (Wildman–Crippen MR) is 125 cm³/mol. The molecule has 4 nitrogen and oxygen atoms in total. The molecule has 2 saturated carbocycles. The molecular formula is C27H31F3N2O2. The third kappa shape index (κ3) is 5.26. The quantitative estimate of drug-likeness (QED) is 0.575. The number of hydrogen-bond acceptors (Lipinski definition) is 4. The van der Waals surface area contributed by atoms with E-state index in [0.717, 1.165) is 44.1 Å². The van der Waals surface area contributed by atoms with Crippen LogP contribution in [0.5, 0.6) is 0 Å². The Hall–Kier alpha value is -2.51. The second kappa shape index (κ2) is 10.0. The molecule has 1 aromatic heterocycles. The molecule has 0 saturated heterocycles. The van der Waals surface area contributed by atoms with Crippen LogP contribution in [0, 0.1) is 29.6 Å². The molecule has 7 atom stereocenters. The lowest BCUT2D eigenvalue weighted by molar-refractivity contribution is -0.137. The summed E-state index contributed by atoms with van der Waals surface area (Å²) in [6.07, 6.45) is 5.08. The minimum Gasteiger partial charge on any atom is -0.393 e. The van der Waals surface area contributed by atoms with Gasteiger partial charge in [-0.05, 0) is 80.2 Å². The number of aldehydes is 1. The van der Waals surface area contributed by atoms with Crippen LogP contribution in [0.2, 0.25) is 0 Å². The molecule has 0 spiro atoms. The Bertz CT molecular complexity index is 1020. The van der Waals surface area contributed by atoms with Gasteiger partial charge in [0.05, 0.1) is 17.4 Å². The summed E-state index contributed by atoms with van der Waals surface area (Å²) in [5, 5.41) is 10.5. The molecular weight excluding hydrogens is 441 g/mol. The molecule has 2 aliphatic rings. The van der Waals surface area contributed by atoms with E-state index in [1.165, 1.54) is 6.07 Å². The van der Waals surface area contributed by atoms with E-state index in [1.807, 2.05) is 6.08 Å². The Labute approximate surface area is 198 Å². The summed E-state index contributed by atoms with van der Waals surface area (Å²) in [5.41, 5.74) is 7.24. The van der Waals surface area contributed by atoms with Gasteiger partial charge in [0.25, 0.3) is 0 Å². The summed E-state index contributed by atoms with van der Waals surface area (Å²) in [7, 11) is 0. The fourth-order valence-electron chi connectivity index (χ4n) is 6.04. The highest BCUT2D eigenvalue weighted by Crippen LogP contribution is 2.50. The van der Waals surface area contributed by atoms with E-state index >= 15 is 0 Å². The Morgan fingerprint density at radius 3 is 2.59 bits per heavy atom. The highest BCUT2D eigenvalue weighted by atomic mass is 19.4. The summed E-state index contributed by atoms with van der Waals surface area (Å²) in [4.78, 5) is 16.3. The number of alkyl halides is 3. The zero-order valence-corrected chi connectivity index (χ0v) is 19.2. The normalized spacial score (nSPS) is 30.6. The van der Waals surface area contributed by atoms with Crippen LogP contribution in [0.3, 0.4) is 0 Å². The number of carbonyl (C=O) groups is 1. The molecule has 2 fully saturated rings. The zero-order chi connectivity index (χ0) is 24.5. The van der Waals surface area contributed by atoms with Crippen LogP contribution in [0.4, 0.5) is 13.2 Å². The Morgan fingerprint density at radius 1 is 1.15 bits per heavy atom. The van der Waals surface area contributed by atoms with E-state index in [2.05, 4.69) is 11.1 Å². The number of nitrogens with zero attached hydrogens (tertiary/aromatic N) is 1. The van der Waals surface area contributed by atoms with Crippen LogP contribution >= 0.6 is 0 Å².